The summed E-state index contributed by atoms with van der Waals surface area (Å²) in [6.07, 6.45) is -0.791. The Morgan fingerprint density at radius 1 is 1.30 bits per heavy atom. The van der Waals surface area contributed by atoms with Crippen molar-refractivity contribution in [2.24, 2.45) is 11.8 Å². The summed E-state index contributed by atoms with van der Waals surface area (Å²) in [6, 6.07) is 3.04. The van der Waals surface area contributed by atoms with Crippen LogP contribution >= 0.6 is 11.6 Å². The smallest absolute Gasteiger partial charge is 0.399 e. The number of hydrogen-bond donors (Lipinski definition) is 3. The van der Waals surface area contributed by atoms with Gasteiger partial charge in [0.2, 0.25) is 5.28 Å². The van der Waals surface area contributed by atoms with E-state index >= 15 is 0 Å². The quantitative estimate of drug-likeness (QED) is 0.396. The van der Waals surface area contributed by atoms with Crippen molar-refractivity contribution in [2.75, 3.05) is 24.1 Å². The molecule has 1 aromatic carbocycles. The number of nitrogens with one attached hydrogen (secondary N) is 2. The predicted octanol–water partition coefficient (Wildman–Crippen LogP) is 4.58. The van der Waals surface area contributed by atoms with Gasteiger partial charge in [0.05, 0.1) is 17.3 Å². The molecule has 2 aromatic rings. The average Bonchev–Trinajstić information content (AvgIpc) is 2.70. The van der Waals surface area contributed by atoms with E-state index in [-0.39, 0.29) is 16.9 Å². The number of carbonyl (C=O) groups excluding carboxylic acids is 1. The number of halogens is 4. The Morgan fingerprint density at radius 2 is 2.06 bits per heavy atom. The number of Topliss-reactive ketones (excluding diaryl/α,β-unsaturated/α-hetero) is 1. The van der Waals surface area contributed by atoms with Crippen molar-refractivity contribution in [2.45, 2.75) is 51.2 Å². The van der Waals surface area contributed by atoms with Crippen LogP contribution < -0.4 is 16.4 Å². The minimum atomic E-state index is -4.48. The molecule has 178 valence electrons. The van der Waals surface area contributed by atoms with Crippen molar-refractivity contribution in [3.63, 3.8) is 0 Å². The lowest BCUT2D eigenvalue weighted by atomic mass is 9.82. The molecule has 1 fully saturated rings. The van der Waals surface area contributed by atoms with Crippen LogP contribution in [0.1, 0.15) is 54.6 Å². The summed E-state index contributed by atoms with van der Waals surface area (Å²) >= 11 is 6.14. The maximum absolute atomic E-state index is 13.2. The second-order valence-corrected chi connectivity index (χ2v) is 9.33. The standard InChI is InChI=1S/C23H27ClF3N5O/c1-12(14-7-16(23(25,26)27)9-17(28)8-14)30-21-18-6-13(2-4-19(18)31-22(24)32-21)3-5-20(33)15-10-29-11-15/h7-9,12-13,15,29H,2-6,10-11,28H2,1H3,(H,30,31,32)/t12-,13?/m1/s1. The number of alkyl halides is 3. The fourth-order valence-electron chi connectivity index (χ4n) is 4.46. The summed E-state index contributed by atoms with van der Waals surface area (Å²) in [5.74, 6) is 1.29. The molecule has 1 unspecified atom stereocenters. The van der Waals surface area contributed by atoms with Gasteiger partial charge in [-0.25, -0.2) is 9.97 Å². The summed E-state index contributed by atoms with van der Waals surface area (Å²) < 4.78 is 39.7. The highest BCUT2D eigenvalue weighted by Gasteiger charge is 2.32. The molecule has 0 amide bonds. The van der Waals surface area contributed by atoms with Crippen molar-refractivity contribution in [1.29, 1.82) is 0 Å². The molecule has 2 aliphatic rings. The average molecular weight is 482 g/mol. The normalized spacial score (nSPS) is 19.5. The van der Waals surface area contributed by atoms with E-state index in [4.69, 9.17) is 17.3 Å². The third-order valence-corrected chi connectivity index (χ3v) is 6.71. The van der Waals surface area contributed by atoms with Gasteiger partial charge in [0.1, 0.15) is 11.6 Å². The van der Waals surface area contributed by atoms with Crippen LogP contribution in [0.25, 0.3) is 0 Å². The van der Waals surface area contributed by atoms with Gasteiger partial charge in [-0.05, 0) is 73.9 Å². The van der Waals surface area contributed by atoms with Crippen LogP contribution in [0.2, 0.25) is 5.28 Å². The molecular weight excluding hydrogens is 455 g/mol. The number of rotatable bonds is 7. The van der Waals surface area contributed by atoms with Crippen LogP contribution in [0.4, 0.5) is 24.7 Å². The number of aryl methyl sites for hydroxylation is 1. The number of carbonyl (C=O) groups is 1. The highest BCUT2D eigenvalue weighted by molar-refractivity contribution is 6.28. The van der Waals surface area contributed by atoms with Crippen LogP contribution in [0.15, 0.2) is 18.2 Å². The van der Waals surface area contributed by atoms with Gasteiger partial charge in [-0.1, -0.05) is 0 Å². The van der Waals surface area contributed by atoms with E-state index in [9.17, 15) is 18.0 Å². The molecule has 4 rings (SSSR count). The Morgan fingerprint density at radius 3 is 2.73 bits per heavy atom. The summed E-state index contributed by atoms with van der Waals surface area (Å²) in [6.45, 7) is 3.29. The maximum atomic E-state index is 13.2. The Labute approximate surface area is 195 Å². The zero-order valence-electron chi connectivity index (χ0n) is 18.3. The summed E-state index contributed by atoms with van der Waals surface area (Å²) in [7, 11) is 0. The van der Waals surface area contributed by atoms with Crippen molar-refractivity contribution in [3.8, 4) is 0 Å². The first-order valence-corrected chi connectivity index (χ1v) is 11.5. The number of anilines is 2. The van der Waals surface area contributed by atoms with Gasteiger partial charge in [0.25, 0.3) is 0 Å². The number of ketones is 1. The van der Waals surface area contributed by atoms with Crippen LogP contribution in [0.5, 0.6) is 0 Å². The van der Waals surface area contributed by atoms with E-state index in [0.717, 1.165) is 55.7 Å². The van der Waals surface area contributed by atoms with Crippen molar-refractivity contribution < 1.29 is 18.0 Å². The van der Waals surface area contributed by atoms with Gasteiger partial charge < -0.3 is 16.4 Å². The van der Waals surface area contributed by atoms with Gasteiger partial charge in [-0.3, -0.25) is 4.79 Å². The SMILES string of the molecule is C[C@@H](Nc1nc(Cl)nc2c1CC(CCC(=O)C1CNC1)CC2)c1cc(N)cc(C(F)(F)F)c1. The fraction of sp³-hybridized carbons (Fsp3) is 0.522. The Bertz CT molecular complexity index is 1040. The van der Waals surface area contributed by atoms with Gasteiger partial charge in [-0.2, -0.15) is 13.2 Å². The molecule has 0 spiro atoms. The molecular formula is C23H27ClF3N5O. The van der Waals surface area contributed by atoms with Gasteiger partial charge >= 0.3 is 6.18 Å². The first-order valence-electron chi connectivity index (χ1n) is 11.1. The van der Waals surface area contributed by atoms with Crippen molar-refractivity contribution in [1.82, 2.24) is 15.3 Å². The molecule has 0 bridgehead atoms. The maximum Gasteiger partial charge on any atom is 0.416 e. The number of fused-ring (bicyclic) bond motifs is 1. The van der Waals surface area contributed by atoms with E-state index in [0.29, 0.717) is 35.9 Å². The molecule has 1 aliphatic carbocycles. The molecule has 0 saturated carbocycles. The molecule has 1 aromatic heterocycles. The Hall–Kier alpha value is -2.39. The molecule has 2 atom stereocenters. The second-order valence-electron chi connectivity index (χ2n) is 8.99. The number of nitrogens with zero attached hydrogens (tertiary/aromatic N) is 2. The number of aromatic nitrogens is 2. The zero-order valence-corrected chi connectivity index (χ0v) is 19.1. The van der Waals surface area contributed by atoms with E-state index in [2.05, 4.69) is 20.6 Å². The van der Waals surface area contributed by atoms with E-state index < -0.39 is 17.8 Å². The van der Waals surface area contributed by atoms with Gasteiger partial charge in [0, 0.05) is 36.7 Å². The largest absolute Gasteiger partial charge is 0.416 e. The first kappa shape index (κ1) is 23.8. The Balaban J connectivity index is 1.50. The van der Waals surface area contributed by atoms with Crippen LogP contribution in [0, 0.1) is 11.8 Å². The Kier molecular flexibility index (Phi) is 6.81. The van der Waals surface area contributed by atoms with Crippen LogP contribution in [-0.4, -0.2) is 28.8 Å². The minimum Gasteiger partial charge on any atom is -0.399 e. The van der Waals surface area contributed by atoms with Crippen LogP contribution in [-0.2, 0) is 23.8 Å². The molecule has 1 saturated heterocycles. The third-order valence-electron chi connectivity index (χ3n) is 6.54. The minimum absolute atomic E-state index is 0.0441. The third kappa shape index (κ3) is 5.58. The number of nitrogen functional groups attached to an aromatic ring is 1. The number of hydrogen-bond acceptors (Lipinski definition) is 6. The predicted molar refractivity (Wildman–Crippen MR) is 121 cm³/mol. The van der Waals surface area contributed by atoms with Gasteiger partial charge in [-0.15, -0.1) is 0 Å². The lowest BCUT2D eigenvalue weighted by Crippen LogP contribution is -2.46. The first-order chi connectivity index (χ1) is 15.6. The van der Waals surface area contributed by atoms with Crippen LogP contribution in [0.3, 0.4) is 0 Å². The van der Waals surface area contributed by atoms with E-state index in [1.807, 2.05) is 0 Å². The molecule has 6 nitrogen and oxygen atoms in total. The summed E-state index contributed by atoms with van der Waals surface area (Å²) in [5, 5.41) is 6.44. The van der Waals surface area contributed by atoms with E-state index in [1.165, 1.54) is 6.07 Å². The zero-order chi connectivity index (χ0) is 23.8. The molecule has 1 aliphatic heterocycles. The summed E-state index contributed by atoms with van der Waals surface area (Å²) in [5.41, 5.74) is 7.14. The topological polar surface area (TPSA) is 92.9 Å². The molecule has 0 radical (unpaired) electrons. The van der Waals surface area contributed by atoms with Gasteiger partial charge in [0.15, 0.2) is 0 Å². The number of benzene rings is 1. The second kappa shape index (κ2) is 9.46. The van der Waals surface area contributed by atoms with E-state index in [1.54, 1.807) is 6.92 Å². The highest BCUT2D eigenvalue weighted by atomic mass is 35.5. The number of nitrogens with two attached hydrogens (primary N) is 1. The lowest BCUT2D eigenvalue weighted by Gasteiger charge is -2.29. The summed E-state index contributed by atoms with van der Waals surface area (Å²) in [4.78, 5) is 21.0. The van der Waals surface area contributed by atoms with Crippen molar-refractivity contribution in [3.05, 3.63) is 45.9 Å². The fourth-order valence-corrected chi connectivity index (χ4v) is 4.65. The molecule has 10 heteroatoms. The molecule has 2 heterocycles. The highest BCUT2D eigenvalue weighted by Crippen LogP contribution is 2.36. The lowest BCUT2D eigenvalue weighted by molar-refractivity contribution is -0.137. The molecule has 33 heavy (non-hydrogen) atoms. The monoisotopic (exact) mass is 481 g/mol. The molecule has 4 N–H and O–H groups in total. The van der Waals surface area contributed by atoms with Crippen molar-refractivity contribution >= 4 is 28.9 Å².